The predicted molar refractivity (Wildman–Crippen MR) is 175 cm³/mol. The highest BCUT2D eigenvalue weighted by Crippen LogP contribution is 2.36. The van der Waals surface area contributed by atoms with E-state index in [0.717, 1.165) is 22.5 Å². The number of benzene rings is 5. The molecule has 0 atom stereocenters. The van der Waals surface area contributed by atoms with Crippen molar-refractivity contribution in [1.82, 2.24) is 9.99 Å². The molecule has 0 fully saturated rings. The van der Waals surface area contributed by atoms with Crippen molar-refractivity contribution >= 4 is 17.8 Å². The number of carbonyl (C=O) groups excluding carboxylic acids is 1. The van der Waals surface area contributed by atoms with Crippen molar-refractivity contribution < 1.29 is 14.8 Å². The molecule has 0 aliphatic heterocycles. The molecule has 0 bridgehead atoms. The Morgan fingerprint density at radius 3 is 1.73 bits per heavy atom. The Morgan fingerprint density at radius 2 is 1.22 bits per heavy atom. The number of nitrogens with zero attached hydrogens (tertiary/aromatic N) is 3. The second kappa shape index (κ2) is 12.6. The molecule has 220 valence electrons. The molecule has 2 N–H and O–H groups in total. The summed E-state index contributed by atoms with van der Waals surface area (Å²) in [6.45, 7) is 0. The van der Waals surface area contributed by atoms with Crippen LogP contribution in [0, 0.1) is 10.1 Å². The van der Waals surface area contributed by atoms with Crippen LogP contribution in [-0.4, -0.2) is 26.7 Å². The fraction of sp³-hybridized carbons (Fsp3) is 0.0270. The molecule has 6 aromatic rings. The van der Waals surface area contributed by atoms with Gasteiger partial charge in [0.25, 0.3) is 11.6 Å². The van der Waals surface area contributed by atoms with Crippen molar-refractivity contribution in [1.29, 1.82) is 0 Å². The van der Waals surface area contributed by atoms with E-state index in [2.05, 4.69) is 10.5 Å². The third kappa shape index (κ3) is 5.78. The molecule has 8 nitrogen and oxygen atoms in total. The molecule has 6 rings (SSSR count). The number of nitro benzene ring substituents is 1. The van der Waals surface area contributed by atoms with Crippen molar-refractivity contribution in [3.05, 3.63) is 178 Å². The Balaban J connectivity index is 1.46. The minimum absolute atomic E-state index is 0.0118. The van der Waals surface area contributed by atoms with Crippen molar-refractivity contribution in [2.24, 2.45) is 5.10 Å². The van der Waals surface area contributed by atoms with E-state index in [-0.39, 0.29) is 5.69 Å². The van der Waals surface area contributed by atoms with Gasteiger partial charge >= 0.3 is 0 Å². The average Bonchev–Trinajstić information content (AvgIpc) is 3.48. The van der Waals surface area contributed by atoms with Gasteiger partial charge in [-0.2, -0.15) is 5.10 Å². The van der Waals surface area contributed by atoms with Crippen LogP contribution in [0.4, 0.5) is 5.69 Å². The molecular formula is C37H28N4O4. The van der Waals surface area contributed by atoms with E-state index < -0.39 is 16.4 Å². The van der Waals surface area contributed by atoms with Crippen LogP contribution in [-0.2, 0) is 10.4 Å². The summed E-state index contributed by atoms with van der Waals surface area (Å²) in [5.41, 5.74) is 6.16. The Bertz CT molecular complexity index is 1920. The SMILES string of the molecule is O=C(N/N=C\c1cc(-c2ccccc2)n(-c2ccc([N+](=O)[O-])cc2)c1-c1ccccc1)C(O)(c1ccccc1)c1ccccc1. The van der Waals surface area contributed by atoms with Crippen LogP contribution >= 0.6 is 0 Å². The highest BCUT2D eigenvalue weighted by atomic mass is 16.6. The molecule has 1 aromatic heterocycles. The highest BCUT2D eigenvalue weighted by molar-refractivity contribution is 5.95. The van der Waals surface area contributed by atoms with Gasteiger partial charge in [0.2, 0.25) is 0 Å². The van der Waals surface area contributed by atoms with Crippen LogP contribution in [0.3, 0.4) is 0 Å². The second-order valence-electron chi connectivity index (χ2n) is 10.3. The molecule has 1 amide bonds. The smallest absolute Gasteiger partial charge is 0.281 e. The number of hydrazone groups is 1. The van der Waals surface area contributed by atoms with Crippen molar-refractivity contribution in [2.75, 3.05) is 0 Å². The van der Waals surface area contributed by atoms with Gasteiger partial charge in [0.15, 0.2) is 5.60 Å². The van der Waals surface area contributed by atoms with Gasteiger partial charge in [-0.05, 0) is 40.5 Å². The molecule has 0 aliphatic carbocycles. The summed E-state index contributed by atoms with van der Waals surface area (Å²) in [4.78, 5) is 24.6. The van der Waals surface area contributed by atoms with Crippen molar-refractivity contribution in [3.8, 4) is 28.2 Å². The van der Waals surface area contributed by atoms with Gasteiger partial charge in [-0.25, -0.2) is 5.43 Å². The van der Waals surface area contributed by atoms with Gasteiger partial charge in [0.05, 0.1) is 22.5 Å². The maximum atomic E-state index is 13.7. The van der Waals surface area contributed by atoms with Crippen LogP contribution in [0.1, 0.15) is 16.7 Å². The first-order valence-electron chi connectivity index (χ1n) is 14.2. The number of hydrogen-bond donors (Lipinski definition) is 2. The lowest BCUT2D eigenvalue weighted by molar-refractivity contribution is -0.384. The maximum absolute atomic E-state index is 13.7. The zero-order valence-corrected chi connectivity index (χ0v) is 24.0. The number of hydrogen-bond acceptors (Lipinski definition) is 5. The first kappa shape index (κ1) is 29.0. The minimum Gasteiger partial charge on any atom is -0.372 e. The third-order valence-corrected chi connectivity index (χ3v) is 7.55. The van der Waals surface area contributed by atoms with E-state index in [1.165, 1.54) is 12.1 Å². The molecule has 0 saturated carbocycles. The van der Waals surface area contributed by atoms with Gasteiger partial charge in [-0.15, -0.1) is 0 Å². The number of non-ortho nitro benzene ring substituents is 1. The Labute approximate surface area is 259 Å². The Kier molecular flexibility index (Phi) is 8.13. The van der Waals surface area contributed by atoms with Gasteiger partial charge in [0.1, 0.15) is 0 Å². The number of aliphatic hydroxyl groups is 1. The molecule has 0 unspecified atom stereocenters. The molecule has 0 spiro atoms. The molecular weight excluding hydrogens is 564 g/mol. The first-order chi connectivity index (χ1) is 22.0. The average molecular weight is 593 g/mol. The summed E-state index contributed by atoms with van der Waals surface area (Å²) < 4.78 is 2.02. The summed E-state index contributed by atoms with van der Waals surface area (Å²) in [5.74, 6) is -0.713. The number of nitrogens with one attached hydrogen (secondary N) is 1. The lowest BCUT2D eigenvalue weighted by Crippen LogP contribution is -2.43. The fourth-order valence-corrected chi connectivity index (χ4v) is 5.36. The molecule has 5 aromatic carbocycles. The van der Waals surface area contributed by atoms with E-state index in [1.807, 2.05) is 83.4 Å². The van der Waals surface area contributed by atoms with Gasteiger partial charge in [-0.3, -0.25) is 14.9 Å². The van der Waals surface area contributed by atoms with Gasteiger partial charge in [0, 0.05) is 23.4 Å². The van der Waals surface area contributed by atoms with Crippen molar-refractivity contribution in [2.45, 2.75) is 5.60 Å². The van der Waals surface area contributed by atoms with Gasteiger partial charge in [-0.1, -0.05) is 121 Å². The zero-order chi connectivity index (χ0) is 31.2. The summed E-state index contributed by atoms with van der Waals surface area (Å²) >= 11 is 0. The topological polar surface area (TPSA) is 110 Å². The summed E-state index contributed by atoms with van der Waals surface area (Å²) in [5, 5.41) is 27.5. The van der Waals surface area contributed by atoms with Crippen molar-refractivity contribution in [3.63, 3.8) is 0 Å². The first-order valence-corrected chi connectivity index (χ1v) is 14.2. The second-order valence-corrected chi connectivity index (χ2v) is 10.3. The van der Waals surface area contributed by atoms with Crippen LogP contribution in [0.15, 0.2) is 157 Å². The number of aromatic nitrogens is 1. The lowest BCUT2D eigenvalue weighted by atomic mass is 9.85. The summed E-state index contributed by atoms with van der Waals surface area (Å²) in [6, 6.07) is 45.2. The standard InChI is InChI=1S/C37H28N4O4/c42-36(37(43,30-17-9-3-10-18-30)31-19-11-4-12-20-31)39-38-26-29-25-34(27-13-5-1-6-14-27)40(35(29)28-15-7-2-8-16-28)32-21-23-33(24-22-32)41(44)45/h1-26,43H,(H,39,42)/b38-26-. The van der Waals surface area contributed by atoms with Gasteiger partial charge < -0.3 is 9.67 Å². The van der Waals surface area contributed by atoms with Crippen LogP contribution in [0.25, 0.3) is 28.2 Å². The summed E-state index contributed by atoms with van der Waals surface area (Å²) in [6.07, 6.45) is 1.55. The monoisotopic (exact) mass is 592 g/mol. The fourth-order valence-electron chi connectivity index (χ4n) is 5.36. The zero-order valence-electron chi connectivity index (χ0n) is 24.0. The number of rotatable bonds is 9. The molecule has 45 heavy (non-hydrogen) atoms. The van der Waals surface area contributed by atoms with E-state index in [0.29, 0.717) is 22.4 Å². The molecule has 0 aliphatic rings. The molecule has 0 radical (unpaired) electrons. The lowest BCUT2D eigenvalue weighted by Gasteiger charge is -2.27. The molecule has 8 heteroatoms. The van der Waals surface area contributed by atoms with E-state index >= 15 is 0 Å². The summed E-state index contributed by atoms with van der Waals surface area (Å²) in [7, 11) is 0. The highest BCUT2D eigenvalue weighted by Gasteiger charge is 2.40. The normalized spacial score (nSPS) is 11.4. The van der Waals surface area contributed by atoms with E-state index in [9.17, 15) is 20.0 Å². The van der Waals surface area contributed by atoms with E-state index in [1.54, 1.807) is 66.9 Å². The quantitative estimate of drug-likeness (QED) is 0.106. The maximum Gasteiger partial charge on any atom is 0.281 e. The molecule has 1 heterocycles. The van der Waals surface area contributed by atoms with Crippen LogP contribution in [0.2, 0.25) is 0 Å². The van der Waals surface area contributed by atoms with Crippen LogP contribution < -0.4 is 5.43 Å². The number of nitro groups is 1. The number of carbonyl (C=O) groups is 1. The largest absolute Gasteiger partial charge is 0.372 e. The third-order valence-electron chi connectivity index (χ3n) is 7.55. The number of amides is 1. The van der Waals surface area contributed by atoms with E-state index in [4.69, 9.17) is 0 Å². The van der Waals surface area contributed by atoms with Crippen LogP contribution in [0.5, 0.6) is 0 Å². The Hall–Kier alpha value is -6.12. The Morgan fingerprint density at radius 1 is 0.733 bits per heavy atom. The predicted octanol–water partition coefficient (Wildman–Crippen LogP) is 7.11. The molecule has 0 saturated heterocycles. The minimum atomic E-state index is -1.98.